The predicted octanol–water partition coefficient (Wildman–Crippen LogP) is 1.69. The van der Waals surface area contributed by atoms with E-state index in [1.807, 2.05) is 60.7 Å². The molecule has 0 aromatic heterocycles. The Morgan fingerprint density at radius 1 is 0.688 bits per heavy atom. The molecule has 0 radical (unpaired) electrons. The van der Waals surface area contributed by atoms with Crippen molar-refractivity contribution in [2.45, 2.75) is 25.2 Å². The second-order valence-corrected chi connectivity index (χ2v) is 11.3. The van der Waals surface area contributed by atoms with E-state index in [2.05, 4.69) is 9.80 Å². The fourth-order valence-electron chi connectivity index (χ4n) is 3.92. The summed E-state index contributed by atoms with van der Waals surface area (Å²) in [6.45, 7) is 2.35. The van der Waals surface area contributed by atoms with Crippen molar-refractivity contribution < 1.29 is 25.2 Å². The molecule has 10 heteroatoms. The van der Waals surface area contributed by atoms with Crippen LogP contribution in [-0.2, 0) is 41.7 Å². The van der Waals surface area contributed by atoms with Crippen molar-refractivity contribution in [1.82, 2.24) is 9.80 Å². The van der Waals surface area contributed by atoms with Crippen LogP contribution in [0.4, 0.5) is 0 Å². The summed E-state index contributed by atoms with van der Waals surface area (Å²) in [6, 6.07) is 18.9. The van der Waals surface area contributed by atoms with Crippen LogP contribution in [0.15, 0.2) is 60.7 Å². The molecule has 1 aliphatic rings. The lowest BCUT2D eigenvalue weighted by Gasteiger charge is -2.47. The molecule has 0 amide bonds. The van der Waals surface area contributed by atoms with Crippen molar-refractivity contribution in [3.05, 3.63) is 71.8 Å². The van der Waals surface area contributed by atoms with E-state index < -0.39 is 20.2 Å². The van der Waals surface area contributed by atoms with Crippen LogP contribution >= 0.6 is 0 Å². The van der Waals surface area contributed by atoms with Gasteiger partial charge in [-0.3, -0.25) is 18.2 Å². The molecule has 1 fully saturated rings. The molecular weight excluding hydrogens is 452 g/mol. The van der Waals surface area contributed by atoms with E-state index in [0.29, 0.717) is 26.2 Å². The summed E-state index contributed by atoms with van der Waals surface area (Å²) >= 11 is 0. The Labute approximate surface area is 191 Å². The molecule has 3 rings (SSSR count). The Morgan fingerprint density at radius 3 is 1.34 bits per heavy atom. The molecule has 1 saturated heterocycles. The van der Waals surface area contributed by atoms with Gasteiger partial charge in [-0.25, -0.2) is 0 Å². The summed E-state index contributed by atoms with van der Waals surface area (Å²) in [5.74, 6) is 0. The first-order chi connectivity index (χ1) is 15.1. The number of piperazine rings is 1. The van der Waals surface area contributed by atoms with Gasteiger partial charge in [0.15, 0.2) is 0 Å². The van der Waals surface area contributed by atoms with Crippen molar-refractivity contribution >= 4 is 20.2 Å². The van der Waals surface area contributed by atoms with Gasteiger partial charge in [-0.1, -0.05) is 60.7 Å². The van der Waals surface area contributed by atoms with Crippen LogP contribution < -0.4 is 0 Å². The standard InChI is InChI=1S/C22H30N2O6S2/c1-31(25,26)29-17-21-22(18-30-32(2,27)28)24(16-20-11-7-4-8-12-20)14-13-23(21)15-19-9-5-3-6-10-19/h3-12,21-22H,13-18H2,1-2H3/t21-,22?/m0/s1. The molecule has 8 nitrogen and oxygen atoms in total. The van der Waals surface area contributed by atoms with Gasteiger partial charge in [0.2, 0.25) is 0 Å². The third-order valence-corrected chi connectivity index (χ3v) is 6.55. The number of hydrogen-bond acceptors (Lipinski definition) is 8. The second-order valence-electron chi connectivity index (χ2n) is 8.02. The summed E-state index contributed by atoms with van der Waals surface area (Å²) in [4.78, 5) is 4.27. The van der Waals surface area contributed by atoms with E-state index in [0.717, 1.165) is 23.6 Å². The minimum absolute atomic E-state index is 0.0885. The molecule has 2 aromatic carbocycles. The van der Waals surface area contributed by atoms with Gasteiger partial charge in [0.25, 0.3) is 20.2 Å². The lowest BCUT2D eigenvalue weighted by Crippen LogP contribution is -2.62. The van der Waals surface area contributed by atoms with E-state index in [1.54, 1.807) is 0 Å². The molecule has 32 heavy (non-hydrogen) atoms. The topological polar surface area (TPSA) is 93.2 Å². The lowest BCUT2D eigenvalue weighted by atomic mass is 10.0. The molecule has 0 aliphatic carbocycles. The monoisotopic (exact) mass is 482 g/mol. The van der Waals surface area contributed by atoms with Gasteiger partial charge in [-0.05, 0) is 11.1 Å². The van der Waals surface area contributed by atoms with Gasteiger partial charge in [0, 0.05) is 26.2 Å². The van der Waals surface area contributed by atoms with Crippen molar-refractivity contribution in [2.24, 2.45) is 0 Å². The predicted molar refractivity (Wildman–Crippen MR) is 123 cm³/mol. The van der Waals surface area contributed by atoms with Gasteiger partial charge in [0.05, 0.1) is 37.8 Å². The van der Waals surface area contributed by atoms with Gasteiger partial charge in [-0.2, -0.15) is 16.8 Å². The SMILES string of the molecule is CS(=O)(=O)OCC1[C@H](COS(C)(=O)=O)N(Cc2ccccc2)CCN1Cc1ccccc1. The summed E-state index contributed by atoms with van der Waals surface area (Å²) in [6.07, 6.45) is 2.03. The molecule has 1 aliphatic heterocycles. The van der Waals surface area contributed by atoms with E-state index >= 15 is 0 Å². The van der Waals surface area contributed by atoms with Crippen molar-refractivity contribution in [2.75, 3.05) is 38.8 Å². The maximum Gasteiger partial charge on any atom is 0.264 e. The summed E-state index contributed by atoms with van der Waals surface area (Å²) in [5, 5.41) is 0. The van der Waals surface area contributed by atoms with Crippen LogP contribution in [0.5, 0.6) is 0 Å². The Kier molecular flexibility index (Phi) is 8.43. The third-order valence-electron chi connectivity index (χ3n) is 5.42. The zero-order valence-electron chi connectivity index (χ0n) is 18.3. The normalized spacial score (nSPS) is 20.9. The van der Waals surface area contributed by atoms with Gasteiger partial charge < -0.3 is 0 Å². The number of hydrogen-bond donors (Lipinski definition) is 0. The number of benzene rings is 2. The van der Waals surface area contributed by atoms with E-state index in [9.17, 15) is 16.8 Å². The summed E-state index contributed by atoms with van der Waals surface area (Å²) in [5.41, 5.74) is 2.16. The molecular formula is C22H30N2O6S2. The minimum atomic E-state index is -3.67. The Morgan fingerprint density at radius 2 is 1.03 bits per heavy atom. The summed E-state index contributed by atoms with van der Waals surface area (Å²) < 4.78 is 57.4. The molecule has 1 unspecified atom stereocenters. The second kappa shape index (κ2) is 10.9. The highest BCUT2D eigenvalue weighted by Crippen LogP contribution is 2.24. The van der Waals surface area contributed by atoms with Crippen LogP contribution in [0.3, 0.4) is 0 Å². The highest BCUT2D eigenvalue weighted by Gasteiger charge is 2.38. The average Bonchev–Trinajstić information content (AvgIpc) is 2.73. The van der Waals surface area contributed by atoms with Crippen LogP contribution in [0.25, 0.3) is 0 Å². The molecule has 0 saturated carbocycles. The largest absolute Gasteiger partial charge is 0.291 e. The van der Waals surface area contributed by atoms with E-state index in [-0.39, 0.29) is 25.3 Å². The van der Waals surface area contributed by atoms with Crippen LogP contribution in [0, 0.1) is 0 Å². The van der Waals surface area contributed by atoms with Crippen molar-refractivity contribution in [3.63, 3.8) is 0 Å². The van der Waals surface area contributed by atoms with Crippen LogP contribution in [-0.4, -0.2) is 77.5 Å². The van der Waals surface area contributed by atoms with Crippen LogP contribution in [0.1, 0.15) is 11.1 Å². The quantitative estimate of drug-likeness (QED) is 0.473. The van der Waals surface area contributed by atoms with Crippen molar-refractivity contribution in [1.29, 1.82) is 0 Å². The van der Waals surface area contributed by atoms with Crippen molar-refractivity contribution in [3.8, 4) is 0 Å². The number of rotatable bonds is 10. The first-order valence-electron chi connectivity index (χ1n) is 10.4. The maximum atomic E-state index is 11.8. The van der Waals surface area contributed by atoms with Gasteiger partial charge in [0.1, 0.15) is 0 Å². The Hall–Kier alpha value is -1.82. The maximum absolute atomic E-state index is 11.8. The first kappa shape index (κ1) is 24.8. The molecule has 2 aromatic rings. The highest BCUT2D eigenvalue weighted by atomic mass is 32.2. The van der Waals surface area contributed by atoms with Crippen LogP contribution in [0.2, 0.25) is 0 Å². The minimum Gasteiger partial charge on any atom is -0.291 e. The number of nitrogens with zero attached hydrogens (tertiary/aromatic N) is 2. The summed E-state index contributed by atoms with van der Waals surface area (Å²) in [7, 11) is -7.33. The zero-order chi connectivity index (χ0) is 23.2. The molecule has 0 N–H and O–H groups in total. The fourth-order valence-corrected chi connectivity index (χ4v) is 4.70. The highest BCUT2D eigenvalue weighted by molar-refractivity contribution is 7.86. The molecule has 2 atom stereocenters. The molecule has 1 heterocycles. The smallest absolute Gasteiger partial charge is 0.264 e. The molecule has 0 spiro atoms. The van der Waals surface area contributed by atoms with E-state index in [1.165, 1.54) is 0 Å². The lowest BCUT2D eigenvalue weighted by molar-refractivity contribution is -0.0267. The Balaban J connectivity index is 1.88. The third kappa shape index (κ3) is 7.95. The fraction of sp³-hybridized carbons (Fsp3) is 0.455. The average molecular weight is 483 g/mol. The molecule has 176 valence electrons. The van der Waals surface area contributed by atoms with E-state index in [4.69, 9.17) is 8.37 Å². The van der Waals surface area contributed by atoms with Gasteiger partial charge >= 0.3 is 0 Å². The molecule has 0 bridgehead atoms. The Bertz CT molecular complexity index is 975. The zero-order valence-corrected chi connectivity index (χ0v) is 20.0. The van der Waals surface area contributed by atoms with Gasteiger partial charge in [-0.15, -0.1) is 0 Å². The first-order valence-corrected chi connectivity index (χ1v) is 14.0.